The Morgan fingerprint density at radius 3 is 2.50 bits per heavy atom. The van der Waals surface area contributed by atoms with Crippen LogP contribution in [-0.2, 0) is 18.0 Å². The number of hydrogen-bond acceptors (Lipinski definition) is 3. The van der Waals surface area contributed by atoms with Crippen LogP contribution < -0.4 is 4.74 Å². The first-order valence-electron chi connectivity index (χ1n) is 5.58. The maximum Gasteiger partial charge on any atom is 0.176 e. The molecular weight excluding hydrogens is 228 g/mol. The van der Waals surface area contributed by atoms with E-state index < -0.39 is 0 Å². The number of rotatable bonds is 5. The molecule has 1 aromatic carbocycles. The molecule has 0 saturated heterocycles. The number of ether oxygens (including phenoxy) is 2. The average Bonchev–Trinajstić information content (AvgIpc) is 2.87. The number of furan rings is 1. The highest BCUT2D eigenvalue weighted by molar-refractivity contribution is 5.26. The zero-order valence-electron chi connectivity index (χ0n) is 10.2. The largest absolute Gasteiger partial charge is 0.497 e. The molecule has 18 heavy (non-hydrogen) atoms. The Morgan fingerprint density at radius 1 is 1.11 bits per heavy atom. The lowest BCUT2D eigenvalue weighted by molar-refractivity contribution is 0.0927. The van der Waals surface area contributed by atoms with Crippen LogP contribution in [0.4, 0.5) is 0 Å². The fourth-order valence-corrected chi connectivity index (χ4v) is 1.52. The Balaban J connectivity index is 1.82. The van der Waals surface area contributed by atoms with Gasteiger partial charge in [-0.05, 0) is 35.7 Å². The molecule has 3 heteroatoms. The summed E-state index contributed by atoms with van der Waals surface area (Å²) in [6.07, 6.45) is 5.21. The van der Waals surface area contributed by atoms with Gasteiger partial charge in [-0.2, -0.15) is 0 Å². The molecule has 2 rings (SSSR count). The molecule has 92 valence electrons. The first kappa shape index (κ1) is 12.3. The number of benzene rings is 1. The van der Waals surface area contributed by atoms with Gasteiger partial charge in [0, 0.05) is 0 Å². The van der Waals surface area contributed by atoms with E-state index in [9.17, 15) is 0 Å². The highest BCUT2D eigenvalue weighted by atomic mass is 16.5. The van der Waals surface area contributed by atoms with Gasteiger partial charge in [0.05, 0.1) is 13.7 Å². The summed E-state index contributed by atoms with van der Waals surface area (Å²) in [6.45, 7) is 0.934. The van der Waals surface area contributed by atoms with Crippen LogP contribution in [0.3, 0.4) is 0 Å². The predicted molar refractivity (Wildman–Crippen MR) is 68.1 cm³/mol. The lowest BCUT2D eigenvalue weighted by Crippen LogP contribution is -1.93. The van der Waals surface area contributed by atoms with Gasteiger partial charge in [-0.3, -0.25) is 0 Å². The highest BCUT2D eigenvalue weighted by Gasteiger charge is 2.00. The standard InChI is InChI=1S/C15H14O3/c1-3-13-8-9-15(18-13)11-17-10-12-4-6-14(16-2)7-5-12/h1,4-9H,10-11H2,2H3. The quantitative estimate of drug-likeness (QED) is 0.755. The van der Waals surface area contributed by atoms with E-state index in [1.165, 1.54) is 0 Å². The fraction of sp³-hybridized carbons (Fsp3) is 0.200. The van der Waals surface area contributed by atoms with Gasteiger partial charge in [-0.15, -0.1) is 6.42 Å². The molecule has 1 aromatic heterocycles. The molecule has 0 aliphatic carbocycles. The van der Waals surface area contributed by atoms with Gasteiger partial charge in [0.25, 0.3) is 0 Å². The van der Waals surface area contributed by atoms with E-state index in [0.29, 0.717) is 19.0 Å². The zero-order valence-corrected chi connectivity index (χ0v) is 10.2. The molecular formula is C15H14O3. The minimum Gasteiger partial charge on any atom is -0.497 e. The van der Waals surface area contributed by atoms with E-state index in [1.807, 2.05) is 30.3 Å². The summed E-state index contributed by atoms with van der Waals surface area (Å²) >= 11 is 0. The van der Waals surface area contributed by atoms with Gasteiger partial charge in [-0.25, -0.2) is 0 Å². The summed E-state index contributed by atoms with van der Waals surface area (Å²) in [6, 6.07) is 11.3. The smallest absolute Gasteiger partial charge is 0.176 e. The van der Waals surface area contributed by atoms with Gasteiger partial charge in [0.2, 0.25) is 0 Å². The minimum atomic E-state index is 0.410. The Kier molecular flexibility index (Phi) is 4.06. The van der Waals surface area contributed by atoms with Crippen molar-refractivity contribution >= 4 is 0 Å². The predicted octanol–water partition coefficient (Wildman–Crippen LogP) is 2.99. The van der Waals surface area contributed by atoms with Crippen LogP contribution in [0.1, 0.15) is 17.1 Å². The molecule has 0 unspecified atom stereocenters. The van der Waals surface area contributed by atoms with Crippen LogP contribution >= 0.6 is 0 Å². The second-order valence-electron chi connectivity index (χ2n) is 3.75. The summed E-state index contributed by atoms with van der Waals surface area (Å²) in [7, 11) is 1.64. The summed E-state index contributed by atoms with van der Waals surface area (Å²) in [5.74, 6) is 4.53. The number of terminal acetylenes is 1. The zero-order chi connectivity index (χ0) is 12.8. The Bertz CT molecular complexity index is 532. The van der Waals surface area contributed by atoms with Crippen LogP contribution in [0, 0.1) is 12.3 Å². The number of hydrogen-bond donors (Lipinski definition) is 0. The number of methoxy groups -OCH3 is 1. The molecule has 0 atom stereocenters. The molecule has 0 spiro atoms. The van der Waals surface area contributed by atoms with Crippen molar-refractivity contribution in [3.63, 3.8) is 0 Å². The molecule has 1 heterocycles. The van der Waals surface area contributed by atoms with Crippen molar-refractivity contribution < 1.29 is 13.9 Å². The Hall–Kier alpha value is -2.18. The van der Waals surface area contributed by atoms with Crippen molar-refractivity contribution in [1.82, 2.24) is 0 Å². The van der Waals surface area contributed by atoms with Crippen LogP contribution in [0.25, 0.3) is 0 Å². The van der Waals surface area contributed by atoms with E-state index in [1.54, 1.807) is 13.2 Å². The fourth-order valence-electron chi connectivity index (χ4n) is 1.52. The molecule has 0 saturated carbocycles. The summed E-state index contributed by atoms with van der Waals surface area (Å²) in [5, 5.41) is 0. The maximum absolute atomic E-state index is 5.53. The summed E-state index contributed by atoms with van der Waals surface area (Å²) in [4.78, 5) is 0. The normalized spacial score (nSPS) is 10.0. The lowest BCUT2D eigenvalue weighted by Gasteiger charge is -2.04. The van der Waals surface area contributed by atoms with Gasteiger partial charge in [-0.1, -0.05) is 12.1 Å². The average molecular weight is 242 g/mol. The third-order valence-corrected chi connectivity index (χ3v) is 2.48. The summed E-state index contributed by atoms with van der Waals surface area (Å²) in [5.41, 5.74) is 1.08. The second kappa shape index (κ2) is 5.95. The van der Waals surface area contributed by atoms with Gasteiger partial charge in [0.15, 0.2) is 5.76 Å². The van der Waals surface area contributed by atoms with E-state index in [0.717, 1.165) is 17.1 Å². The van der Waals surface area contributed by atoms with Crippen LogP contribution in [0.15, 0.2) is 40.8 Å². The first-order valence-corrected chi connectivity index (χ1v) is 5.58. The monoisotopic (exact) mass is 242 g/mol. The van der Waals surface area contributed by atoms with Crippen LogP contribution in [0.2, 0.25) is 0 Å². The minimum absolute atomic E-state index is 0.410. The SMILES string of the molecule is C#Cc1ccc(COCc2ccc(OC)cc2)o1. The van der Waals surface area contributed by atoms with Crippen molar-refractivity contribution in [3.05, 3.63) is 53.5 Å². The Labute approximate surface area is 106 Å². The molecule has 0 bridgehead atoms. The molecule has 2 aromatic rings. The summed E-state index contributed by atoms with van der Waals surface area (Å²) < 4.78 is 15.9. The van der Waals surface area contributed by atoms with E-state index >= 15 is 0 Å². The third-order valence-electron chi connectivity index (χ3n) is 2.48. The third kappa shape index (κ3) is 3.16. The van der Waals surface area contributed by atoms with E-state index in [-0.39, 0.29) is 0 Å². The van der Waals surface area contributed by atoms with Crippen molar-refractivity contribution in [2.75, 3.05) is 7.11 Å². The molecule has 0 N–H and O–H groups in total. The maximum atomic E-state index is 5.53. The topological polar surface area (TPSA) is 31.6 Å². The van der Waals surface area contributed by atoms with Crippen LogP contribution in [0.5, 0.6) is 5.75 Å². The van der Waals surface area contributed by atoms with Gasteiger partial charge in [0.1, 0.15) is 18.1 Å². The van der Waals surface area contributed by atoms with Crippen molar-refractivity contribution in [2.45, 2.75) is 13.2 Å². The van der Waals surface area contributed by atoms with E-state index in [2.05, 4.69) is 5.92 Å². The highest BCUT2D eigenvalue weighted by Crippen LogP contribution is 2.13. The van der Waals surface area contributed by atoms with Gasteiger partial charge >= 0.3 is 0 Å². The Morgan fingerprint density at radius 2 is 1.89 bits per heavy atom. The second-order valence-corrected chi connectivity index (χ2v) is 3.75. The lowest BCUT2D eigenvalue weighted by atomic mass is 10.2. The van der Waals surface area contributed by atoms with E-state index in [4.69, 9.17) is 20.3 Å². The van der Waals surface area contributed by atoms with Crippen molar-refractivity contribution in [2.24, 2.45) is 0 Å². The van der Waals surface area contributed by atoms with Crippen molar-refractivity contribution in [3.8, 4) is 18.1 Å². The van der Waals surface area contributed by atoms with Crippen molar-refractivity contribution in [1.29, 1.82) is 0 Å². The molecule has 0 aliphatic rings. The molecule has 0 aliphatic heterocycles. The molecule has 3 nitrogen and oxygen atoms in total. The van der Waals surface area contributed by atoms with Crippen LogP contribution in [-0.4, -0.2) is 7.11 Å². The molecule has 0 radical (unpaired) electrons. The first-order chi connectivity index (χ1) is 8.81. The van der Waals surface area contributed by atoms with Gasteiger partial charge < -0.3 is 13.9 Å². The molecule has 0 fully saturated rings. The molecule has 0 amide bonds.